The summed E-state index contributed by atoms with van der Waals surface area (Å²) in [6, 6.07) is 0. The summed E-state index contributed by atoms with van der Waals surface area (Å²) in [6.07, 6.45) is 1.41. The van der Waals surface area contributed by atoms with Crippen LogP contribution in [-0.2, 0) is 0 Å². The zero-order valence-corrected chi connectivity index (χ0v) is 8.69. The van der Waals surface area contributed by atoms with Gasteiger partial charge in [0.1, 0.15) is 5.16 Å². The van der Waals surface area contributed by atoms with Crippen LogP contribution in [0.4, 0.5) is 0 Å². The number of halogens is 4. The third-order valence-electron chi connectivity index (χ3n) is 1.35. The highest BCUT2D eigenvalue weighted by atomic mass is 35.5. The topological polar surface area (TPSA) is 50.1 Å². The molecule has 3 nitrogen and oxygen atoms in total. The van der Waals surface area contributed by atoms with E-state index >= 15 is 0 Å². The summed E-state index contributed by atoms with van der Waals surface area (Å²) in [5.74, 6) is 5.17. The molecule has 0 aromatic rings. The molecular weight excluding hydrogens is 244 g/mol. The minimum Gasteiger partial charge on any atom is -0.350 e. The highest BCUT2D eigenvalue weighted by Crippen LogP contribution is 2.39. The van der Waals surface area contributed by atoms with Gasteiger partial charge in [-0.3, -0.25) is 5.84 Å². The molecule has 0 saturated carbocycles. The Hall–Kier alpha value is 0.360. The van der Waals surface area contributed by atoms with E-state index in [1.807, 2.05) is 0 Å². The van der Waals surface area contributed by atoms with Crippen molar-refractivity contribution in [3.63, 3.8) is 0 Å². The SMILES string of the molecule is NNC1(Cl)C(Cl)=CNC(Cl)=C1Cl. The van der Waals surface area contributed by atoms with Crippen LogP contribution in [0.3, 0.4) is 0 Å². The molecule has 0 radical (unpaired) electrons. The van der Waals surface area contributed by atoms with E-state index in [2.05, 4.69) is 10.7 Å². The minimum atomic E-state index is -1.31. The van der Waals surface area contributed by atoms with Crippen molar-refractivity contribution in [1.29, 1.82) is 0 Å². The molecule has 0 amide bonds. The minimum absolute atomic E-state index is 0.112. The van der Waals surface area contributed by atoms with Gasteiger partial charge in [0, 0.05) is 6.20 Å². The number of alkyl halides is 1. The van der Waals surface area contributed by atoms with Crippen LogP contribution in [-0.4, -0.2) is 5.00 Å². The van der Waals surface area contributed by atoms with Gasteiger partial charge in [-0.15, -0.1) is 0 Å². The number of hydrogen-bond acceptors (Lipinski definition) is 3. The second kappa shape index (κ2) is 3.62. The van der Waals surface area contributed by atoms with Gasteiger partial charge in [-0.1, -0.05) is 46.4 Å². The van der Waals surface area contributed by atoms with Crippen LogP contribution < -0.4 is 16.6 Å². The lowest BCUT2D eigenvalue weighted by Crippen LogP contribution is -2.48. The van der Waals surface area contributed by atoms with Crippen LogP contribution >= 0.6 is 46.4 Å². The number of hydrogen-bond donors (Lipinski definition) is 3. The van der Waals surface area contributed by atoms with Crippen LogP contribution in [0.2, 0.25) is 0 Å². The van der Waals surface area contributed by atoms with Gasteiger partial charge in [-0.05, 0) is 0 Å². The third-order valence-corrected chi connectivity index (χ3v) is 3.30. The van der Waals surface area contributed by atoms with E-state index in [-0.39, 0.29) is 15.2 Å². The van der Waals surface area contributed by atoms with E-state index < -0.39 is 5.00 Å². The normalized spacial score (nSPS) is 29.9. The van der Waals surface area contributed by atoms with Crippen molar-refractivity contribution < 1.29 is 0 Å². The van der Waals surface area contributed by atoms with E-state index in [9.17, 15) is 0 Å². The number of rotatable bonds is 1. The largest absolute Gasteiger partial charge is 0.350 e. The first-order valence-electron chi connectivity index (χ1n) is 2.87. The van der Waals surface area contributed by atoms with E-state index in [4.69, 9.17) is 52.2 Å². The molecule has 0 aliphatic carbocycles. The van der Waals surface area contributed by atoms with Gasteiger partial charge in [-0.2, -0.15) is 0 Å². The summed E-state index contributed by atoms with van der Waals surface area (Å²) >= 11 is 23.0. The maximum atomic E-state index is 5.90. The van der Waals surface area contributed by atoms with E-state index in [1.54, 1.807) is 0 Å². The summed E-state index contributed by atoms with van der Waals surface area (Å²) < 4.78 is 0. The molecule has 0 spiro atoms. The Kier molecular flexibility index (Phi) is 3.15. The third kappa shape index (κ3) is 1.53. The molecule has 1 rings (SSSR count). The van der Waals surface area contributed by atoms with Gasteiger partial charge >= 0.3 is 0 Å². The zero-order valence-electron chi connectivity index (χ0n) is 5.67. The first-order valence-corrected chi connectivity index (χ1v) is 4.38. The van der Waals surface area contributed by atoms with Crippen molar-refractivity contribution in [1.82, 2.24) is 10.7 Å². The molecule has 0 aromatic heterocycles. The molecule has 0 fully saturated rings. The average molecular weight is 249 g/mol. The molecule has 68 valence electrons. The molecule has 0 bridgehead atoms. The van der Waals surface area contributed by atoms with Gasteiger partial charge in [0.2, 0.25) is 0 Å². The van der Waals surface area contributed by atoms with Crippen molar-refractivity contribution in [3.8, 4) is 0 Å². The molecule has 1 heterocycles. The second-order valence-electron chi connectivity index (χ2n) is 2.07. The summed E-state index contributed by atoms with van der Waals surface area (Å²) in [5.41, 5.74) is 2.26. The second-order valence-corrected chi connectivity index (χ2v) is 3.80. The lowest BCUT2D eigenvalue weighted by atomic mass is 10.2. The van der Waals surface area contributed by atoms with E-state index in [1.165, 1.54) is 6.20 Å². The van der Waals surface area contributed by atoms with Gasteiger partial charge in [0.25, 0.3) is 0 Å². The molecule has 1 unspecified atom stereocenters. The molecule has 0 aromatic carbocycles. The maximum absolute atomic E-state index is 5.90. The predicted octanol–water partition coefficient (Wildman–Crippen LogP) is 1.71. The predicted molar refractivity (Wildman–Crippen MR) is 51.7 cm³/mol. The number of nitrogens with one attached hydrogen (secondary N) is 2. The number of nitrogens with two attached hydrogens (primary N) is 1. The van der Waals surface area contributed by atoms with Crippen LogP contribution in [0.5, 0.6) is 0 Å². The number of dihydropyridines is 1. The van der Waals surface area contributed by atoms with Gasteiger partial charge in [-0.25, -0.2) is 5.43 Å². The van der Waals surface area contributed by atoms with E-state index in [0.717, 1.165) is 0 Å². The average Bonchev–Trinajstić information content (AvgIpc) is 2.08. The molecular formula is C5H5Cl4N3. The first-order chi connectivity index (χ1) is 5.52. The van der Waals surface area contributed by atoms with Crippen LogP contribution in [0.25, 0.3) is 0 Å². The van der Waals surface area contributed by atoms with Crippen molar-refractivity contribution in [2.45, 2.75) is 5.00 Å². The smallest absolute Gasteiger partial charge is 0.182 e. The lowest BCUT2D eigenvalue weighted by Gasteiger charge is -2.28. The maximum Gasteiger partial charge on any atom is 0.182 e. The van der Waals surface area contributed by atoms with Crippen molar-refractivity contribution >= 4 is 46.4 Å². The molecule has 1 aliphatic rings. The monoisotopic (exact) mass is 247 g/mol. The van der Waals surface area contributed by atoms with Gasteiger partial charge in [0.05, 0.1) is 10.1 Å². The summed E-state index contributed by atoms with van der Waals surface area (Å²) in [7, 11) is 0. The fourth-order valence-electron chi connectivity index (χ4n) is 0.678. The van der Waals surface area contributed by atoms with Crippen LogP contribution in [0, 0.1) is 0 Å². The zero-order chi connectivity index (χ0) is 9.35. The molecule has 12 heavy (non-hydrogen) atoms. The van der Waals surface area contributed by atoms with Crippen molar-refractivity contribution in [3.05, 3.63) is 21.4 Å². The summed E-state index contributed by atoms with van der Waals surface area (Å²) in [5, 5.41) is 3.13. The summed E-state index contributed by atoms with van der Waals surface area (Å²) in [4.78, 5) is -1.31. The van der Waals surface area contributed by atoms with Gasteiger partial charge < -0.3 is 5.32 Å². The Labute approximate surface area is 89.4 Å². The van der Waals surface area contributed by atoms with E-state index in [0.29, 0.717) is 0 Å². The molecule has 4 N–H and O–H groups in total. The molecule has 1 atom stereocenters. The fraction of sp³-hybridized carbons (Fsp3) is 0.200. The Balaban J connectivity index is 3.09. The summed E-state index contributed by atoms with van der Waals surface area (Å²) in [6.45, 7) is 0. The standard InChI is InChI=1S/C5H5Cl4N3/c6-2-1-11-4(8)3(7)5(2,9)12-10/h1,11-12H,10H2. The Bertz CT molecular complexity index is 261. The molecule has 7 heteroatoms. The lowest BCUT2D eigenvalue weighted by molar-refractivity contribution is 0.626. The fourth-order valence-corrected chi connectivity index (χ4v) is 1.53. The van der Waals surface area contributed by atoms with Crippen LogP contribution in [0.15, 0.2) is 21.4 Å². The quantitative estimate of drug-likeness (QED) is 0.287. The molecule has 1 aliphatic heterocycles. The number of hydrazine groups is 1. The first kappa shape index (κ1) is 10.4. The Morgan fingerprint density at radius 3 is 2.42 bits per heavy atom. The van der Waals surface area contributed by atoms with Gasteiger partial charge in [0.15, 0.2) is 5.00 Å². The highest BCUT2D eigenvalue weighted by Gasteiger charge is 2.38. The Morgan fingerprint density at radius 1 is 1.42 bits per heavy atom. The van der Waals surface area contributed by atoms with Crippen molar-refractivity contribution in [2.75, 3.05) is 0 Å². The Morgan fingerprint density at radius 2 is 2.00 bits per heavy atom. The van der Waals surface area contributed by atoms with Crippen LogP contribution in [0.1, 0.15) is 0 Å². The molecule has 0 saturated heterocycles. The highest BCUT2D eigenvalue weighted by molar-refractivity contribution is 6.49. The van der Waals surface area contributed by atoms with Crippen molar-refractivity contribution in [2.24, 2.45) is 5.84 Å².